The van der Waals surface area contributed by atoms with Crippen molar-refractivity contribution in [2.24, 2.45) is 4.99 Å². The molecule has 0 aliphatic carbocycles. The Hall–Kier alpha value is -2.88. The van der Waals surface area contributed by atoms with E-state index in [1.54, 1.807) is 24.5 Å². The van der Waals surface area contributed by atoms with Crippen molar-refractivity contribution >= 4 is 32.9 Å². The molecule has 3 atom stereocenters. The van der Waals surface area contributed by atoms with E-state index in [4.69, 9.17) is 0 Å². The fourth-order valence-corrected chi connectivity index (χ4v) is 5.69. The van der Waals surface area contributed by atoms with E-state index in [1.165, 1.54) is 0 Å². The van der Waals surface area contributed by atoms with Crippen LogP contribution in [0.15, 0.2) is 58.5 Å². The number of H-pyrrole nitrogens is 1. The van der Waals surface area contributed by atoms with Gasteiger partial charge in [-0.25, -0.2) is 18.1 Å². The van der Waals surface area contributed by atoms with E-state index in [-0.39, 0.29) is 28.8 Å². The predicted octanol–water partition coefficient (Wildman–Crippen LogP) is 2.36. The molecule has 2 aliphatic heterocycles. The minimum atomic E-state index is -3.60. The van der Waals surface area contributed by atoms with Crippen molar-refractivity contribution in [3.05, 3.63) is 59.9 Å². The summed E-state index contributed by atoms with van der Waals surface area (Å²) in [7, 11) is -3.60. The molecular formula is C22H23N5O3S. The summed E-state index contributed by atoms with van der Waals surface area (Å²) in [6.45, 7) is 0.554. The first kappa shape index (κ1) is 20.0. The Kier molecular flexibility index (Phi) is 5.17. The summed E-state index contributed by atoms with van der Waals surface area (Å²) in [6.07, 6.45) is 5.73. The van der Waals surface area contributed by atoms with Crippen LogP contribution < -0.4 is 10.0 Å². The Morgan fingerprint density at radius 1 is 1.10 bits per heavy atom. The molecular weight excluding hydrogens is 414 g/mol. The van der Waals surface area contributed by atoms with E-state index < -0.39 is 10.0 Å². The van der Waals surface area contributed by atoms with Crippen LogP contribution >= 0.6 is 0 Å². The number of hydrogen-bond donors (Lipinski definition) is 3. The first-order valence-electron chi connectivity index (χ1n) is 10.4. The zero-order valence-corrected chi connectivity index (χ0v) is 17.6. The number of sulfonamides is 1. The molecule has 1 saturated heterocycles. The van der Waals surface area contributed by atoms with Crippen LogP contribution in [0.4, 0.5) is 0 Å². The van der Waals surface area contributed by atoms with E-state index in [0.29, 0.717) is 12.2 Å². The second-order valence-corrected chi connectivity index (χ2v) is 9.85. The number of nitrogens with zero attached hydrogens (tertiary/aromatic N) is 2. The molecule has 31 heavy (non-hydrogen) atoms. The number of fused-ring (bicyclic) bond motifs is 2. The Bertz CT molecular complexity index is 1260. The number of aliphatic imine (C=N–C) groups is 1. The molecule has 5 rings (SSSR count). The number of hydrogen-bond acceptors (Lipinski definition) is 5. The summed E-state index contributed by atoms with van der Waals surface area (Å²) in [4.78, 5) is 16.0. The molecule has 2 aromatic carbocycles. The van der Waals surface area contributed by atoms with E-state index in [2.05, 4.69) is 25.2 Å². The number of aromatic amines is 1. The van der Waals surface area contributed by atoms with Crippen molar-refractivity contribution in [1.82, 2.24) is 20.2 Å². The SMILES string of the molecule is O=C1N=CC(CC2CCC(NS(=O)(=O)c3ccc4ccccc4c3)CN2)c2cn[nH]c21. The molecule has 160 valence electrons. The van der Waals surface area contributed by atoms with Gasteiger partial charge in [-0.15, -0.1) is 0 Å². The standard InChI is InChI=1S/C22H23N5O3S/c28-22-21-20(13-25-26-21)16(11-24-22)9-17-6-7-18(12-23-17)27-31(29,30)19-8-5-14-3-1-2-4-15(14)10-19/h1-5,8,10-11,13,16-18,23,27H,6-7,9,12H2,(H,25,26). The van der Waals surface area contributed by atoms with Crippen molar-refractivity contribution in [3.8, 4) is 0 Å². The molecule has 3 unspecified atom stereocenters. The third kappa shape index (κ3) is 4.04. The fourth-order valence-electron chi connectivity index (χ4n) is 4.38. The van der Waals surface area contributed by atoms with Crippen molar-refractivity contribution in [2.45, 2.75) is 42.2 Å². The van der Waals surface area contributed by atoms with Crippen LogP contribution in [0, 0.1) is 0 Å². The second-order valence-electron chi connectivity index (χ2n) is 8.14. The molecule has 3 aromatic rings. The normalized spacial score (nSPS) is 23.7. The number of nitrogens with one attached hydrogen (secondary N) is 3. The minimum absolute atomic E-state index is 0.0230. The van der Waals surface area contributed by atoms with Gasteiger partial charge in [-0.05, 0) is 42.2 Å². The van der Waals surface area contributed by atoms with E-state index >= 15 is 0 Å². The zero-order valence-electron chi connectivity index (χ0n) is 16.8. The molecule has 0 saturated carbocycles. The topological polar surface area (TPSA) is 116 Å². The molecule has 0 spiro atoms. The van der Waals surface area contributed by atoms with Gasteiger partial charge in [0.15, 0.2) is 0 Å². The molecule has 3 heterocycles. The largest absolute Gasteiger partial charge is 0.312 e. The van der Waals surface area contributed by atoms with Crippen molar-refractivity contribution in [1.29, 1.82) is 0 Å². The van der Waals surface area contributed by atoms with Crippen LogP contribution in [-0.4, -0.2) is 49.4 Å². The van der Waals surface area contributed by atoms with Crippen LogP contribution in [0.1, 0.15) is 41.2 Å². The zero-order chi connectivity index (χ0) is 21.4. The maximum absolute atomic E-state index is 12.9. The van der Waals surface area contributed by atoms with Crippen molar-refractivity contribution in [3.63, 3.8) is 0 Å². The summed E-state index contributed by atoms with van der Waals surface area (Å²) in [5.41, 5.74) is 1.34. The lowest BCUT2D eigenvalue weighted by Gasteiger charge is -2.32. The maximum atomic E-state index is 12.9. The molecule has 1 aromatic heterocycles. The van der Waals surface area contributed by atoms with Gasteiger partial charge < -0.3 is 5.32 Å². The number of rotatable bonds is 5. The monoisotopic (exact) mass is 437 g/mol. The van der Waals surface area contributed by atoms with Crippen molar-refractivity contribution < 1.29 is 13.2 Å². The van der Waals surface area contributed by atoms with E-state index in [9.17, 15) is 13.2 Å². The van der Waals surface area contributed by atoms with Gasteiger partial charge in [0.05, 0.1) is 11.1 Å². The quantitative estimate of drug-likeness (QED) is 0.567. The lowest BCUT2D eigenvalue weighted by atomic mass is 9.88. The smallest absolute Gasteiger partial charge is 0.294 e. The van der Waals surface area contributed by atoms with Gasteiger partial charge >= 0.3 is 0 Å². The number of carbonyl (C=O) groups is 1. The van der Waals surface area contributed by atoms with Crippen LogP contribution in [0.25, 0.3) is 10.8 Å². The Morgan fingerprint density at radius 3 is 2.74 bits per heavy atom. The first-order valence-corrected chi connectivity index (χ1v) is 11.8. The molecule has 8 nitrogen and oxygen atoms in total. The average molecular weight is 438 g/mol. The molecule has 0 radical (unpaired) electrons. The molecule has 0 bridgehead atoms. The Morgan fingerprint density at radius 2 is 1.94 bits per heavy atom. The van der Waals surface area contributed by atoms with Gasteiger partial charge in [-0.1, -0.05) is 30.3 Å². The molecule has 1 amide bonds. The molecule has 9 heteroatoms. The van der Waals surface area contributed by atoms with Gasteiger partial charge in [0.25, 0.3) is 5.91 Å². The lowest BCUT2D eigenvalue weighted by molar-refractivity contribution is 0.0994. The number of piperidine rings is 1. The summed E-state index contributed by atoms with van der Waals surface area (Å²) in [5.74, 6) is -0.265. The van der Waals surface area contributed by atoms with E-state index in [1.807, 2.05) is 30.3 Å². The van der Waals surface area contributed by atoms with Crippen LogP contribution in [0.3, 0.4) is 0 Å². The predicted molar refractivity (Wildman–Crippen MR) is 118 cm³/mol. The first-order chi connectivity index (χ1) is 15.0. The fraction of sp³-hybridized carbons (Fsp3) is 0.318. The Labute approximate surface area is 180 Å². The maximum Gasteiger partial charge on any atom is 0.294 e. The lowest BCUT2D eigenvalue weighted by Crippen LogP contribution is -2.49. The summed E-state index contributed by atoms with van der Waals surface area (Å²) < 4.78 is 28.6. The third-order valence-corrected chi connectivity index (χ3v) is 7.58. The average Bonchev–Trinajstić information content (AvgIpc) is 3.28. The Balaban J connectivity index is 1.21. The minimum Gasteiger partial charge on any atom is -0.312 e. The van der Waals surface area contributed by atoms with E-state index in [0.717, 1.165) is 35.6 Å². The number of aromatic nitrogens is 2. The van der Waals surface area contributed by atoms with Gasteiger partial charge in [0.2, 0.25) is 10.0 Å². The van der Waals surface area contributed by atoms with Gasteiger partial charge in [0.1, 0.15) is 5.69 Å². The summed E-state index contributed by atoms with van der Waals surface area (Å²) in [5, 5.41) is 12.1. The highest BCUT2D eigenvalue weighted by Gasteiger charge is 2.30. The van der Waals surface area contributed by atoms with Crippen LogP contribution in [0.5, 0.6) is 0 Å². The molecule has 2 aliphatic rings. The third-order valence-electron chi connectivity index (χ3n) is 6.06. The van der Waals surface area contributed by atoms with Gasteiger partial charge in [0, 0.05) is 36.3 Å². The van der Waals surface area contributed by atoms with Crippen LogP contribution in [-0.2, 0) is 10.0 Å². The van der Waals surface area contributed by atoms with Gasteiger partial charge in [-0.3, -0.25) is 9.89 Å². The van der Waals surface area contributed by atoms with Crippen LogP contribution in [0.2, 0.25) is 0 Å². The summed E-state index contributed by atoms with van der Waals surface area (Å²) >= 11 is 0. The second kappa shape index (κ2) is 7.99. The molecule has 1 fully saturated rings. The van der Waals surface area contributed by atoms with Gasteiger partial charge in [-0.2, -0.15) is 5.10 Å². The summed E-state index contributed by atoms with van der Waals surface area (Å²) in [6, 6.07) is 12.9. The highest BCUT2D eigenvalue weighted by molar-refractivity contribution is 7.89. The number of amides is 1. The highest BCUT2D eigenvalue weighted by Crippen LogP contribution is 2.28. The number of carbonyl (C=O) groups excluding carboxylic acids is 1. The van der Waals surface area contributed by atoms with Crippen molar-refractivity contribution in [2.75, 3.05) is 6.54 Å². The number of benzene rings is 2. The molecule has 3 N–H and O–H groups in total. The highest BCUT2D eigenvalue weighted by atomic mass is 32.2.